The maximum absolute atomic E-state index is 13.7. The van der Waals surface area contributed by atoms with E-state index >= 15 is 0 Å². The summed E-state index contributed by atoms with van der Waals surface area (Å²) >= 11 is 0. The highest BCUT2D eigenvalue weighted by molar-refractivity contribution is 7.90. The Kier molecular flexibility index (Phi) is 5.66. The highest BCUT2D eigenvalue weighted by Crippen LogP contribution is 2.56. The molecule has 0 amide bonds. The van der Waals surface area contributed by atoms with Gasteiger partial charge in [0, 0.05) is 6.26 Å². The van der Waals surface area contributed by atoms with Gasteiger partial charge in [-0.05, 0) is 25.0 Å². The Hall–Kier alpha value is -2.54. The van der Waals surface area contributed by atoms with Crippen LogP contribution in [0.15, 0.2) is 29.4 Å². The Labute approximate surface area is 180 Å². The summed E-state index contributed by atoms with van der Waals surface area (Å²) < 4.78 is 77.2. The molecule has 0 aliphatic rings. The number of nitrogen functional groups attached to an aromatic ring is 1. The van der Waals surface area contributed by atoms with Crippen molar-refractivity contribution in [3.63, 3.8) is 0 Å². The molecule has 2 aromatic heterocycles. The number of fused-ring (bicyclic) bond motifs is 1. The molecular weight excluding hydrogens is 474 g/mol. The molecule has 0 spiro atoms. The quantitative estimate of drug-likeness (QED) is 0.358. The van der Waals surface area contributed by atoms with Crippen LogP contribution in [0.4, 0.5) is 19.0 Å². The number of rotatable bonds is 5. The summed E-state index contributed by atoms with van der Waals surface area (Å²) in [5.74, 6) is -1.91. The van der Waals surface area contributed by atoms with E-state index in [4.69, 9.17) is 5.73 Å². The average Bonchev–Trinajstić information content (AvgIpc) is 3.00. The lowest BCUT2D eigenvalue weighted by Crippen LogP contribution is -2.19. The van der Waals surface area contributed by atoms with Crippen LogP contribution in [-0.2, 0) is 32.3 Å². The molecule has 10 nitrogen and oxygen atoms in total. The molecule has 0 radical (unpaired) electrons. The van der Waals surface area contributed by atoms with Crippen LogP contribution in [-0.4, -0.2) is 44.0 Å². The number of hydrogen-bond donors (Lipinski definition) is 3. The molecule has 174 valence electrons. The van der Waals surface area contributed by atoms with E-state index in [-0.39, 0.29) is 11.1 Å². The van der Waals surface area contributed by atoms with E-state index in [1.807, 2.05) is 0 Å². The fourth-order valence-corrected chi connectivity index (χ4v) is 3.93. The van der Waals surface area contributed by atoms with Crippen LogP contribution in [0.2, 0.25) is 0 Å². The zero-order valence-electron chi connectivity index (χ0n) is 17.0. The fourth-order valence-electron chi connectivity index (χ4n) is 2.93. The van der Waals surface area contributed by atoms with Crippen LogP contribution in [0.1, 0.15) is 30.8 Å². The normalized spacial score (nSPS) is 13.6. The van der Waals surface area contributed by atoms with Crippen LogP contribution in [0.25, 0.3) is 11.2 Å². The van der Waals surface area contributed by atoms with Crippen LogP contribution in [0.5, 0.6) is 0 Å². The van der Waals surface area contributed by atoms with Crippen molar-refractivity contribution in [2.45, 2.75) is 36.9 Å². The fraction of sp³-hybridized carbons (Fsp3) is 0.353. The second-order valence-electron chi connectivity index (χ2n) is 7.66. The number of alkyl halides is 3. The number of nitrogens with zero attached hydrogens (tertiary/aromatic N) is 4. The van der Waals surface area contributed by atoms with Crippen molar-refractivity contribution in [3.05, 3.63) is 41.2 Å². The first-order chi connectivity index (χ1) is 14.4. The minimum atomic E-state index is -4.93. The Morgan fingerprint density at radius 3 is 2.31 bits per heavy atom. The second-order valence-corrected chi connectivity index (χ2v) is 11.8. The summed E-state index contributed by atoms with van der Waals surface area (Å²) in [5, 5.41) is -2.35. The molecule has 0 fully saturated rings. The summed E-state index contributed by atoms with van der Waals surface area (Å²) in [5.41, 5.74) is 5.24. The first-order valence-corrected chi connectivity index (χ1v) is 12.4. The van der Waals surface area contributed by atoms with Gasteiger partial charge in [0.15, 0.2) is 17.0 Å². The van der Waals surface area contributed by atoms with Gasteiger partial charge in [0.25, 0.3) is 5.16 Å². The molecule has 0 unspecified atom stereocenters. The molecule has 1 aromatic carbocycles. The zero-order chi connectivity index (χ0) is 24.3. The Bertz CT molecular complexity index is 1360. The van der Waals surface area contributed by atoms with E-state index in [0.29, 0.717) is 4.57 Å². The van der Waals surface area contributed by atoms with Crippen molar-refractivity contribution < 1.29 is 35.9 Å². The average molecular weight is 493 g/mol. The molecule has 2 heterocycles. The van der Waals surface area contributed by atoms with Crippen molar-refractivity contribution in [1.82, 2.24) is 19.5 Å². The standard InChI is InChI=1S/C17H19F3N5O5PS/c1-16(2,31(26,27)28)10-6-4-5-9(7-10)8-25-13-11(22-14(25)17(18,19)20)12(21)23-15(24-13)32(3,29)30/h4-7H,8H2,1-3H3,(H2,21,23,24)(H2,26,27,28). The molecule has 0 bridgehead atoms. The van der Waals surface area contributed by atoms with Crippen LogP contribution in [0, 0.1) is 0 Å². The number of halogens is 3. The topological polar surface area (TPSA) is 161 Å². The molecule has 4 N–H and O–H groups in total. The highest BCUT2D eigenvalue weighted by Gasteiger charge is 2.40. The van der Waals surface area contributed by atoms with Gasteiger partial charge in [0.05, 0.1) is 11.7 Å². The third-order valence-corrected chi connectivity index (χ3v) is 7.45. The van der Waals surface area contributed by atoms with Crippen LogP contribution < -0.4 is 5.73 Å². The predicted octanol–water partition coefficient (Wildman–Crippen LogP) is 2.29. The molecule has 0 saturated carbocycles. The largest absolute Gasteiger partial charge is 0.449 e. The summed E-state index contributed by atoms with van der Waals surface area (Å²) in [6.07, 6.45) is -4.15. The number of sulfone groups is 1. The zero-order valence-corrected chi connectivity index (χ0v) is 18.7. The molecule has 0 saturated heterocycles. The third-order valence-electron chi connectivity index (χ3n) is 4.89. The minimum absolute atomic E-state index is 0.201. The van der Waals surface area contributed by atoms with Crippen molar-refractivity contribution in [2.75, 3.05) is 12.0 Å². The number of benzene rings is 1. The molecule has 15 heteroatoms. The SMILES string of the molecule is CC(C)(c1cccc(Cn2c(C(F)(F)F)nc3c(N)nc(S(C)(=O)=O)nc32)c1)P(=O)(O)O. The molecule has 0 aliphatic carbocycles. The van der Waals surface area contributed by atoms with Gasteiger partial charge in [-0.15, -0.1) is 0 Å². The lowest BCUT2D eigenvalue weighted by molar-refractivity contribution is -0.146. The maximum atomic E-state index is 13.7. The number of imidazole rings is 1. The number of anilines is 1. The van der Waals surface area contributed by atoms with Gasteiger partial charge in [-0.25, -0.2) is 13.4 Å². The third kappa shape index (κ3) is 4.35. The van der Waals surface area contributed by atoms with Gasteiger partial charge in [-0.3, -0.25) is 4.57 Å². The van der Waals surface area contributed by atoms with Gasteiger partial charge in [0.2, 0.25) is 15.7 Å². The van der Waals surface area contributed by atoms with E-state index in [1.165, 1.54) is 38.1 Å². The van der Waals surface area contributed by atoms with Crippen molar-refractivity contribution in [3.8, 4) is 0 Å². The van der Waals surface area contributed by atoms with Crippen LogP contribution >= 0.6 is 7.60 Å². The minimum Gasteiger partial charge on any atom is -0.382 e. The first-order valence-electron chi connectivity index (χ1n) is 8.89. The van der Waals surface area contributed by atoms with Gasteiger partial charge < -0.3 is 20.1 Å². The maximum Gasteiger partial charge on any atom is 0.449 e. The van der Waals surface area contributed by atoms with E-state index < -0.39 is 63.3 Å². The van der Waals surface area contributed by atoms with Gasteiger partial charge >= 0.3 is 13.8 Å². The summed E-state index contributed by atoms with van der Waals surface area (Å²) in [7, 11) is -8.58. The van der Waals surface area contributed by atoms with Gasteiger partial charge in [0.1, 0.15) is 0 Å². The molecule has 3 aromatic rings. The lowest BCUT2D eigenvalue weighted by Gasteiger charge is -2.26. The number of hydrogen-bond acceptors (Lipinski definition) is 7. The summed E-state index contributed by atoms with van der Waals surface area (Å²) in [4.78, 5) is 30.0. The molecule has 0 aliphatic heterocycles. The molecule has 0 atom stereocenters. The van der Waals surface area contributed by atoms with Crippen molar-refractivity contribution >= 4 is 34.4 Å². The molecular formula is C17H19F3N5O5PS. The first kappa shape index (κ1) is 24.1. The lowest BCUT2D eigenvalue weighted by atomic mass is 10.00. The highest BCUT2D eigenvalue weighted by atomic mass is 32.2. The number of nitrogens with two attached hydrogens (primary N) is 1. The van der Waals surface area contributed by atoms with E-state index in [0.717, 1.165) is 6.26 Å². The predicted molar refractivity (Wildman–Crippen MR) is 108 cm³/mol. The second kappa shape index (κ2) is 7.51. The molecule has 3 rings (SSSR count). The van der Waals surface area contributed by atoms with Crippen LogP contribution in [0.3, 0.4) is 0 Å². The Morgan fingerprint density at radius 2 is 1.78 bits per heavy atom. The molecule has 32 heavy (non-hydrogen) atoms. The van der Waals surface area contributed by atoms with E-state index in [2.05, 4.69) is 15.0 Å². The van der Waals surface area contributed by atoms with Crippen molar-refractivity contribution in [1.29, 1.82) is 0 Å². The van der Waals surface area contributed by atoms with E-state index in [9.17, 15) is 35.9 Å². The summed E-state index contributed by atoms with van der Waals surface area (Å²) in [6.45, 7) is 2.15. The smallest absolute Gasteiger partial charge is 0.382 e. The van der Waals surface area contributed by atoms with Gasteiger partial charge in [-0.2, -0.15) is 23.1 Å². The number of aromatic nitrogens is 4. The Balaban J connectivity index is 2.24. The Morgan fingerprint density at radius 1 is 1.16 bits per heavy atom. The van der Waals surface area contributed by atoms with Gasteiger partial charge in [-0.1, -0.05) is 24.3 Å². The summed E-state index contributed by atoms with van der Waals surface area (Å²) in [6, 6.07) is 5.70. The van der Waals surface area contributed by atoms with E-state index in [1.54, 1.807) is 0 Å². The van der Waals surface area contributed by atoms with Crippen molar-refractivity contribution in [2.24, 2.45) is 0 Å². The monoisotopic (exact) mass is 493 g/mol.